The second-order valence-corrected chi connectivity index (χ2v) is 8.24. The Balaban J connectivity index is 1.42. The molecule has 1 heterocycles. The van der Waals surface area contributed by atoms with Crippen molar-refractivity contribution < 1.29 is 14.3 Å². The van der Waals surface area contributed by atoms with E-state index in [1.807, 2.05) is 61.5 Å². The highest BCUT2D eigenvalue weighted by Crippen LogP contribution is 2.24. The molecule has 0 aliphatic heterocycles. The number of amides is 2. The Morgan fingerprint density at radius 1 is 0.919 bits per heavy atom. The summed E-state index contributed by atoms with van der Waals surface area (Å²) in [5.74, 6) is 0.798. The molecule has 0 bridgehead atoms. The molecule has 0 saturated carbocycles. The van der Waals surface area contributed by atoms with Gasteiger partial charge in [-0.05, 0) is 54.5 Å². The fourth-order valence-corrected chi connectivity index (χ4v) is 3.56. The lowest BCUT2D eigenvalue weighted by Crippen LogP contribution is -2.23. The van der Waals surface area contributed by atoms with Gasteiger partial charge in [0, 0.05) is 47.4 Å². The van der Waals surface area contributed by atoms with Crippen molar-refractivity contribution in [1.82, 2.24) is 15.3 Å². The maximum atomic E-state index is 12.8. The molecule has 0 aliphatic rings. The van der Waals surface area contributed by atoms with Crippen LogP contribution in [0.5, 0.6) is 5.75 Å². The fraction of sp³-hybridized carbons (Fsp3) is 0.133. The van der Waals surface area contributed by atoms with Gasteiger partial charge in [-0.2, -0.15) is 0 Å². The molecule has 0 aliphatic carbocycles. The normalized spacial score (nSPS) is 10.7. The standard InChI is InChI=1S/C30H28N4O3/c1-2-19-37-27-15-14-26(34-28(35)16-9-22-7-4-3-5-8-22)20-25(27)21-33-30(36)24-12-10-23(11-13-24)29-31-17-6-18-32-29/h3-18,20H,2,19,21H2,1H3,(H,33,36)(H,34,35)/b16-9+. The van der Waals surface area contributed by atoms with E-state index in [2.05, 4.69) is 20.6 Å². The lowest BCUT2D eigenvalue weighted by Gasteiger charge is -2.14. The number of nitrogens with one attached hydrogen (secondary N) is 2. The zero-order chi connectivity index (χ0) is 25.9. The molecule has 0 saturated heterocycles. The monoisotopic (exact) mass is 492 g/mol. The van der Waals surface area contributed by atoms with Gasteiger partial charge < -0.3 is 15.4 Å². The number of hydrogen-bond donors (Lipinski definition) is 2. The van der Waals surface area contributed by atoms with Crippen LogP contribution in [0.4, 0.5) is 5.69 Å². The van der Waals surface area contributed by atoms with Crippen LogP contribution < -0.4 is 15.4 Å². The zero-order valence-electron chi connectivity index (χ0n) is 20.6. The van der Waals surface area contributed by atoms with Crippen LogP contribution in [0.3, 0.4) is 0 Å². The molecule has 1 aromatic heterocycles. The van der Waals surface area contributed by atoms with E-state index >= 15 is 0 Å². The van der Waals surface area contributed by atoms with Crippen molar-refractivity contribution in [2.75, 3.05) is 11.9 Å². The van der Waals surface area contributed by atoms with Crippen LogP contribution in [0.1, 0.15) is 34.8 Å². The Kier molecular flexibility index (Phi) is 8.75. The number of hydrogen-bond acceptors (Lipinski definition) is 5. The first-order valence-corrected chi connectivity index (χ1v) is 12.1. The number of rotatable bonds is 10. The molecule has 0 atom stereocenters. The summed E-state index contributed by atoms with van der Waals surface area (Å²) in [7, 11) is 0. The number of carbonyl (C=O) groups is 2. The van der Waals surface area contributed by atoms with Crippen molar-refractivity contribution in [3.63, 3.8) is 0 Å². The van der Waals surface area contributed by atoms with Gasteiger partial charge in [0.2, 0.25) is 5.91 Å². The van der Waals surface area contributed by atoms with Gasteiger partial charge in [-0.1, -0.05) is 49.4 Å². The van der Waals surface area contributed by atoms with Crippen LogP contribution in [-0.4, -0.2) is 28.4 Å². The number of anilines is 1. The Hall–Kier alpha value is -4.78. The predicted molar refractivity (Wildman–Crippen MR) is 145 cm³/mol. The highest BCUT2D eigenvalue weighted by atomic mass is 16.5. The van der Waals surface area contributed by atoms with Crippen LogP contribution >= 0.6 is 0 Å². The third kappa shape index (κ3) is 7.35. The number of aromatic nitrogens is 2. The van der Waals surface area contributed by atoms with Gasteiger partial charge in [0.15, 0.2) is 5.82 Å². The lowest BCUT2D eigenvalue weighted by molar-refractivity contribution is -0.111. The van der Waals surface area contributed by atoms with Crippen molar-refractivity contribution in [1.29, 1.82) is 0 Å². The van der Waals surface area contributed by atoms with E-state index < -0.39 is 0 Å². The molecule has 7 heteroatoms. The highest BCUT2D eigenvalue weighted by Gasteiger charge is 2.11. The Morgan fingerprint density at radius 3 is 2.41 bits per heavy atom. The molecule has 0 fully saturated rings. The number of benzene rings is 3. The molecule has 0 radical (unpaired) electrons. The largest absolute Gasteiger partial charge is 0.493 e. The summed E-state index contributed by atoms with van der Waals surface area (Å²) < 4.78 is 5.86. The molecule has 2 N–H and O–H groups in total. The van der Waals surface area contributed by atoms with E-state index in [0.717, 1.165) is 23.1 Å². The third-order valence-corrected chi connectivity index (χ3v) is 5.43. The minimum absolute atomic E-state index is 0.220. The summed E-state index contributed by atoms with van der Waals surface area (Å²) in [6.45, 7) is 2.82. The SMILES string of the molecule is CCCOc1ccc(NC(=O)/C=C/c2ccccc2)cc1CNC(=O)c1ccc(-c2ncccn2)cc1. The second-order valence-electron chi connectivity index (χ2n) is 8.24. The molecule has 4 aromatic rings. The topological polar surface area (TPSA) is 93.2 Å². The van der Waals surface area contributed by atoms with Gasteiger partial charge in [0.05, 0.1) is 6.61 Å². The number of carbonyl (C=O) groups excluding carboxylic acids is 2. The zero-order valence-corrected chi connectivity index (χ0v) is 20.6. The summed E-state index contributed by atoms with van der Waals surface area (Å²) in [6.07, 6.45) is 7.45. The van der Waals surface area contributed by atoms with E-state index in [-0.39, 0.29) is 18.4 Å². The van der Waals surface area contributed by atoms with Crippen molar-refractivity contribution in [2.45, 2.75) is 19.9 Å². The van der Waals surface area contributed by atoms with Crippen LogP contribution in [0.15, 0.2) is 97.3 Å². The predicted octanol–water partition coefficient (Wildman–Crippen LogP) is 5.51. The molecular weight excluding hydrogens is 464 g/mol. The Labute approximate surface area is 216 Å². The summed E-state index contributed by atoms with van der Waals surface area (Å²) in [6, 6.07) is 23.9. The summed E-state index contributed by atoms with van der Waals surface area (Å²) in [5, 5.41) is 5.81. The van der Waals surface area contributed by atoms with Gasteiger partial charge in [-0.3, -0.25) is 9.59 Å². The molecule has 2 amide bonds. The van der Waals surface area contributed by atoms with Crippen LogP contribution in [0, 0.1) is 0 Å². The first kappa shape index (κ1) is 25.3. The molecule has 0 spiro atoms. The smallest absolute Gasteiger partial charge is 0.251 e. The highest BCUT2D eigenvalue weighted by molar-refractivity contribution is 6.02. The average Bonchev–Trinajstić information content (AvgIpc) is 2.95. The Bertz CT molecular complexity index is 1350. The molecule has 3 aromatic carbocycles. The first-order valence-electron chi connectivity index (χ1n) is 12.1. The van der Waals surface area contributed by atoms with Crippen molar-refractivity contribution >= 4 is 23.6 Å². The fourth-order valence-electron chi connectivity index (χ4n) is 3.56. The number of nitrogens with zero attached hydrogens (tertiary/aromatic N) is 2. The van der Waals surface area contributed by atoms with Crippen LogP contribution in [-0.2, 0) is 11.3 Å². The van der Waals surface area contributed by atoms with Gasteiger partial charge in [-0.25, -0.2) is 9.97 Å². The summed E-state index contributed by atoms with van der Waals surface area (Å²) in [5.41, 5.74) is 3.67. The van der Waals surface area contributed by atoms with Crippen molar-refractivity contribution in [3.05, 3.63) is 114 Å². The van der Waals surface area contributed by atoms with Crippen LogP contribution in [0.2, 0.25) is 0 Å². The van der Waals surface area contributed by atoms with Gasteiger partial charge in [-0.15, -0.1) is 0 Å². The van der Waals surface area contributed by atoms with Crippen molar-refractivity contribution in [2.24, 2.45) is 0 Å². The van der Waals surface area contributed by atoms with Crippen molar-refractivity contribution in [3.8, 4) is 17.1 Å². The van der Waals surface area contributed by atoms with E-state index in [1.165, 1.54) is 6.08 Å². The van der Waals surface area contributed by atoms with Gasteiger partial charge >= 0.3 is 0 Å². The molecule has 7 nitrogen and oxygen atoms in total. The van der Waals surface area contributed by atoms with Gasteiger partial charge in [0.1, 0.15) is 5.75 Å². The minimum atomic E-state index is -0.247. The van der Waals surface area contributed by atoms with E-state index in [4.69, 9.17) is 4.74 Å². The maximum Gasteiger partial charge on any atom is 0.251 e. The minimum Gasteiger partial charge on any atom is -0.493 e. The molecule has 4 rings (SSSR count). The maximum absolute atomic E-state index is 12.8. The molecule has 0 unspecified atom stereocenters. The molecule has 37 heavy (non-hydrogen) atoms. The Morgan fingerprint density at radius 2 is 1.68 bits per heavy atom. The van der Waals surface area contributed by atoms with E-state index in [1.54, 1.807) is 42.7 Å². The number of ether oxygens (including phenoxy) is 1. The quantitative estimate of drug-likeness (QED) is 0.285. The summed E-state index contributed by atoms with van der Waals surface area (Å²) >= 11 is 0. The average molecular weight is 493 g/mol. The lowest BCUT2D eigenvalue weighted by atomic mass is 10.1. The molecule has 186 valence electrons. The van der Waals surface area contributed by atoms with E-state index in [9.17, 15) is 9.59 Å². The third-order valence-electron chi connectivity index (χ3n) is 5.43. The first-order chi connectivity index (χ1) is 18.1. The second kappa shape index (κ2) is 12.8. The van der Waals surface area contributed by atoms with Crippen LogP contribution in [0.25, 0.3) is 17.5 Å². The van der Waals surface area contributed by atoms with E-state index in [0.29, 0.717) is 29.4 Å². The molecular formula is C30H28N4O3. The summed E-state index contributed by atoms with van der Waals surface area (Å²) in [4.78, 5) is 33.7. The van der Waals surface area contributed by atoms with Gasteiger partial charge in [0.25, 0.3) is 5.91 Å².